The predicted octanol–water partition coefficient (Wildman–Crippen LogP) is 6.39. The van der Waals surface area contributed by atoms with E-state index >= 15 is 0 Å². The van der Waals surface area contributed by atoms with E-state index in [1.165, 1.54) is 17.7 Å². The Morgan fingerprint density at radius 2 is 1.59 bits per heavy atom. The third-order valence-electron chi connectivity index (χ3n) is 9.28. The molecule has 3 atom stereocenters. The number of nitrogens with zero attached hydrogens (tertiary/aromatic N) is 4. The summed E-state index contributed by atoms with van der Waals surface area (Å²) in [6, 6.07) is 26.2. The van der Waals surface area contributed by atoms with Gasteiger partial charge >= 0.3 is 6.09 Å². The molecular formula is C36H41ClN4O5. The summed E-state index contributed by atoms with van der Waals surface area (Å²) in [5.41, 5.74) is 2.69. The van der Waals surface area contributed by atoms with Crippen LogP contribution in [-0.2, 0) is 11.3 Å². The van der Waals surface area contributed by atoms with E-state index in [0.717, 1.165) is 45.3 Å². The number of hydrogen-bond donors (Lipinski definition) is 0. The fourth-order valence-electron chi connectivity index (χ4n) is 6.80. The number of nitro benzene ring substituents is 1. The minimum Gasteiger partial charge on any atom is -0.445 e. The molecule has 1 heterocycles. The van der Waals surface area contributed by atoms with Gasteiger partial charge in [-0.25, -0.2) is 4.79 Å². The maximum Gasteiger partial charge on any atom is 0.411 e. The normalized spacial score (nSPS) is 19.8. The van der Waals surface area contributed by atoms with Gasteiger partial charge in [0.25, 0.3) is 11.6 Å². The van der Waals surface area contributed by atoms with Crippen LogP contribution < -0.4 is 0 Å². The fourth-order valence-corrected chi connectivity index (χ4v) is 6.80. The van der Waals surface area contributed by atoms with Crippen molar-refractivity contribution in [3.8, 4) is 12.3 Å². The maximum atomic E-state index is 13.3. The van der Waals surface area contributed by atoms with Crippen molar-refractivity contribution in [1.29, 1.82) is 0 Å². The van der Waals surface area contributed by atoms with Crippen molar-refractivity contribution in [3.05, 3.63) is 112 Å². The number of piperidine rings is 1. The molecule has 3 aromatic carbocycles. The lowest BCUT2D eigenvalue weighted by Crippen LogP contribution is -2.48. The summed E-state index contributed by atoms with van der Waals surface area (Å²) in [5, 5.41) is 10.9. The number of ether oxygens (including phenoxy) is 1. The first kappa shape index (κ1) is 34.5. The molecule has 1 aliphatic carbocycles. The third-order valence-corrected chi connectivity index (χ3v) is 9.28. The average Bonchev–Trinajstić information content (AvgIpc) is 3.50. The van der Waals surface area contributed by atoms with E-state index < -0.39 is 11.0 Å². The lowest BCUT2D eigenvalue weighted by atomic mass is 9.88. The second-order valence-corrected chi connectivity index (χ2v) is 12.0. The van der Waals surface area contributed by atoms with E-state index in [1.54, 1.807) is 17.0 Å². The van der Waals surface area contributed by atoms with Crippen LogP contribution in [0.15, 0.2) is 84.9 Å². The second kappa shape index (κ2) is 16.3. The van der Waals surface area contributed by atoms with Crippen LogP contribution in [0.4, 0.5) is 10.5 Å². The molecule has 2 fully saturated rings. The van der Waals surface area contributed by atoms with Crippen molar-refractivity contribution < 1.29 is 19.2 Å². The first-order chi connectivity index (χ1) is 21.8. The van der Waals surface area contributed by atoms with Crippen LogP contribution in [0.5, 0.6) is 0 Å². The molecule has 3 unspecified atom stereocenters. The van der Waals surface area contributed by atoms with Crippen molar-refractivity contribution in [1.82, 2.24) is 14.7 Å². The molecule has 2 amide bonds. The van der Waals surface area contributed by atoms with Crippen molar-refractivity contribution in [2.45, 2.75) is 50.3 Å². The van der Waals surface area contributed by atoms with E-state index in [2.05, 4.69) is 35.1 Å². The van der Waals surface area contributed by atoms with Gasteiger partial charge in [-0.1, -0.05) is 54.5 Å². The zero-order valence-electron chi connectivity index (χ0n) is 26.1. The predicted molar refractivity (Wildman–Crippen MR) is 180 cm³/mol. The number of amides is 2. The van der Waals surface area contributed by atoms with E-state index in [-0.39, 0.29) is 49.2 Å². The highest BCUT2D eigenvalue weighted by Crippen LogP contribution is 2.42. The summed E-state index contributed by atoms with van der Waals surface area (Å²) in [7, 11) is 1.93. The van der Waals surface area contributed by atoms with Crippen LogP contribution in [0.2, 0.25) is 0 Å². The van der Waals surface area contributed by atoms with E-state index in [1.807, 2.05) is 48.3 Å². The molecule has 0 N–H and O–H groups in total. The summed E-state index contributed by atoms with van der Waals surface area (Å²) in [4.78, 5) is 42.8. The summed E-state index contributed by atoms with van der Waals surface area (Å²) in [5.74, 6) is 3.41. The minimum atomic E-state index is -0.473. The first-order valence-corrected chi connectivity index (χ1v) is 15.5. The molecule has 2 aliphatic rings. The highest BCUT2D eigenvalue weighted by Gasteiger charge is 2.40. The number of hydrogen-bond acceptors (Lipinski definition) is 6. The molecule has 5 rings (SSSR count). The maximum absolute atomic E-state index is 13.3. The largest absolute Gasteiger partial charge is 0.445 e. The van der Waals surface area contributed by atoms with Crippen molar-refractivity contribution in [2.75, 3.05) is 33.2 Å². The molecule has 1 saturated heterocycles. The Labute approximate surface area is 277 Å². The molecule has 3 aromatic rings. The Kier molecular flexibility index (Phi) is 12.2. The zero-order chi connectivity index (χ0) is 31.8. The molecular weight excluding hydrogens is 604 g/mol. The van der Waals surface area contributed by atoms with Gasteiger partial charge in [0, 0.05) is 56.5 Å². The van der Waals surface area contributed by atoms with E-state index in [9.17, 15) is 19.7 Å². The summed E-state index contributed by atoms with van der Waals surface area (Å²) in [6.07, 6.45) is 8.59. The Hall–Kier alpha value is -4.39. The molecule has 242 valence electrons. The number of non-ortho nitro benzene ring substituents is 1. The molecule has 0 bridgehead atoms. The van der Waals surface area contributed by atoms with Gasteiger partial charge in [-0.05, 0) is 72.9 Å². The van der Waals surface area contributed by atoms with Crippen LogP contribution in [0, 0.1) is 28.4 Å². The number of nitro groups is 1. The van der Waals surface area contributed by atoms with Crippen LogP contribution in [0.25, 0.3) is 0 Å². The third kappa shape index (κ3) is 8.45. The van der Waals surface area contributed by atoms with Crippen molar-refractivity contribution in [3.63, 3.8) is 0 Å². The van der Waals surface area contributed by atoms with Crippen LogP contribution in [0.1, 0.15) is 53.1 Å². The number of carbonyl (C=O) groups excluding carboxylic acids is 2. The van der Waals surface area contributed by atoms with E-state index in [0.29, 0.717) is 23.0 Å². The lowest BCUT2D eigenvalue weighted by Gasteiger charge is -2.38. The van der Waals surface area contributed by atoms with E-state index in [4.69, 9.17) is 11.2 Å². The summed E-state index contributed by atoms with van der Waals surface area (Å²) in [6.45, 7) is 2.77. The Morgan fingerprint density at radius 1 is 0.957 bits per heavy atom. The molecule has 46 heavy (non-hydrogen) atoms. The first-order valence-electron chi connectivity index (χ1n) is 15.5. The smallest absolute Gasteiger partial charge is 0.411 e. The Balaban J connectivity index is 0.00000480. The number of benzene rings is 3. The molecule has 0 radical (unpaired) electrons. The van der Waals surface area contributed by atoms with Crippen LogP contribution in [0.3, 0.4) is 0 Å². The number of halogens is 1. The highest BCUT2D eigenvalue weighted by atomic mass is 35.5. The average molecular weight is 645 g/mol. The van der Waals surface area contributed by atoms with Crippen molar-refractivity contribution in [2.24, 2.45) is 5.92 Å². The van der Waals surface area contributed by atoms with Gasteiger partial charge in [-0.15, -0.1) is 18.8 Å². The van der Waals surface area contributed by atoms with Gasteiger partial charge in [0.15, 0.2) is 0 Å². The van der Waals surface area contributed by atoms with Crippen molar-refractivity contribution >= 4 is 30.1 Å². The number of likely N-dealkylation sites (tertiary alicyclic amines) is 1. The quantitative estimate of drug-likeness (QED) is 0.144. The minimum absolute atomic E-state index is 0. The molecule has 1 aliphatic heterocycles. The monoisotopic (exact) mass is 644 g/mol. The van der Waals surface area contributed by atoms with Crippen LogP contribution in [-0.4, -0.2) is 76.9 Å². The number of carbonyl (C=O) groups is 2. The number of rotatable bonds is 10. The topological polar surface area (TPSA) is 96.2 Å². The summed E-state index contributed by atoms with van der Waals surface area (Å²) < 4.78 is 5.56. The highest BCUT2D eigenvalue weighted by molar-refractivity contribution is 5.94. The van der Waals surface area contributed by atoms with Crippen LogP contribution >= 0.6 is 12.4 Å². The SMILES string of the molecule is C#CCN(C(=O)OCc1ccc([N+](=O)[O-])cc1)C1CCN(CC2CC(N(C)C(=O)c3ccccc3)CC2c2ccccc2)CC1.Cl. The fraction of sp³-hybridized carbons (Fsp3) is 0.389. The van der Waals surface area contributed by atoms with Gasteiger partial charge in [-0.3, -0.25) is 19.8 Å². The Morgan fingerprint density at radius 3 is 2.20 bits per heavy atom. The molecule has 9 nitrogen and oxygen atoms in total. The second-order valence-electron chi connectivity index (χ2n) is 12.0. The zero-order valence-corrected chi connectivity index (χ0v) is 26.9. The molecule has 10 heteroatoms. The standard InChI is InChI=1S/C36H40N4O5.ClH/c1-3-20-39(36(42)45-26-27-14-16-32(17-15-27)40(43)44)31-18-21-38(22-19-31)25-30-23-33(24-34(30)28-10-6-4-7-11-28)37(2)35(41)29-12-8-5-9-13-29;/h1,4-17,30-31,33-34H,18-26H2,2H3;1H. The number of terminal acetylenes is 1. The molecule has 0 aromatic heterocycles. The lowest BCUT2D eigenvalue weighted by molar-refractivity contribution is -0.384. The van der Waals surface area contributed by atoms with Gasteiger partial charge in [-0.2, -0.15) is 0 Å². The van der Waals surface area contributed by atoms with Gasteiger partial charge < -0.3 is 14.5 Å². The molecule has 1 saturated carbocycles. The molecule has 0 spiro atoms. The Bertz CT molecular complexity index is 1490. The van der Waals surface area contributed by atoms with Gasteiger partial charge in [0.1, 0.15) is 6.61 Å². The summed E-state index contributed by atoms with van der Waals surface area (Å²) >= 11 is 0. The van der Waals surface area contributed by atoms with Gasteiger partial charge in [0.2, 0.25) is 0 Å². The van der Waals surface area contributed by atoms with Gasteiger partial charge in [0.05, 0.1) is 11.5 Å².